The molecular weight excluding hydrogens is 268 g/mol. The molecule has 1 atom stereocenters. The Hall–Kier alpha value is -1.71. The molecule has 2 aromatic rings. The number of rotatable bonds is 3. The molecule has 20 heavy (non-hydrogen) atoms. The Morgan fingerprint density at radius 3 is 2.30 bits per heavy atom. The van der Waals surface area contributed by atoms with E-state index in [0.29, 0.717) is 6.61 Å². The first kappa shape index (κ1) is 13.3. The maximum Gasteiger partial charge on any atom is 0.139 e. The second-order valence-electron chi connectivity index (χ2n) is 4.57. The lowest BCUT2D eigenvalue weighted by molar-refractivity contribution is 0.215. The van der Waals surface area contributed by atoms with Gasteiger partial charge in [0.1, 0.15) is 11.9 Å². The smallest absolute Gasteiger partial charge is 0.139 e. The molecule has 1 unspecified atom stereocenters. The lowest BCUT2D eigenvalue weighted by atomic mass is 10.1. The Bertz CT molecular complexity index is 593. The van der Waals surface area contributed by atoms with Crippen LogP contribution in [0.1, 0.15) is 17.2 Å². The number of ether oxygens (including phenoxy) is 1. The Kier molecular flexibility index (Phi) is 4.09. The van der Waals surface area contributed by atoms with Crippen LogP contribution in [0.2, 0.25) is 0 Å². The molecule has 0 saturated heterocycles. The number of benzene rings is 2. The van der Waals surface area contributed by atoms with Crippen LogP contribution < -0.4 is 0 Å². The van der Waals surface area contributed by atoms with Crippen LogP contribution in [0.3, 0.4) is 0 Å². The van der Waals surface area contributed by atoms with E-state index in [1.54, 1.807) is 11.8 Å². The van der Waals surface area contributed by atoms with E-state index >= 15 is 0 Å². The van der Waals surface area contributed by atoms with Crippen LogP contribution >= 0.6 is 11.8 Å². The van der Waals surface area contributed by atoms with Gasteiger partial charge in [-0.2, -0.15) is 0 Å². The minimum atomic E-state index is -0.628. The van der Waals surface area contributed by atoms with Gasteiger partial charge in [0.25, 0.3) is 0 Å². The van der Waals surface area contributed by atoms with Gasteiger partial charge in [0.2, 0.25) is 0 Å². The van der Waals surface area contributed by atoms with Crippen molar-refractivity contribution in [1.82, 2.24) is 0 Å². The van der Waals surface area contributed by atoms with E-state index in [2.05, 4.69) is 0 Å². The molecule has 0 radical (unpaired) electrons. The maximum absolute atomic E-state index is 10.6. The molecule has 0 aromatic heterocycles. The standard InChI is InChI=1S/C17H16O2S/c18-15(13-7-3-1-4-8-13)17-16(19-11-12-20-17)14-9-5-2-6-10-14/h1-10,15,18H,11-12H2. The van der Waals surface area contributed by atoms with Crippen LogP contribution in [0, 0.1) is 0 Å². The zero-order valence-electron chi connectivity index (χ0n) is 11.0. The second kappa shape index (κ2) is 6.16. The van der Waals surface area contributed by atoms with E-state index in [1.807, 2.05) is 60.7 Å². The molecule has 0 aliphatic carbocycles. The van der Waals surface area contributed by atoms with Crippen LogP contribution in [0.5, 0.6) is 0 Å². The molecule has 0 fully saturated rings. The molecule has 3 heteroatoms. The van der Waals surface area contributed by atoms with E-state index in [-0.39, 0.29) is 0 Å². The molecule has 0 saturated carbocycles. The van der Waals surface area contributed by atoms with Crippen LogP contribution in [0.25, 0.3) is 5.76 Å². The Balaban J connectivity index is 2.01. The molecule has 1 N–H and O–H groups in total. The van der Waals surface area contributed by atoms with Crippen molar-refractivity contribution >= 4 is 17.5 Å². The van der Waals surface area contributed by atoms with Crippen LogP contribution in [-0.2, 0) is 4.74 Å². The van der Waals surface area contributed by atoms with Crippen molar-refractivity contribution in [1.29, 1.82) is 0 Å². The summed E-state index contributed by atoms with van der Waals surface area (Å²) in [5.74, 6) is 1.67. The number of hydrogen-bond donors (Lipinski definition) is 1. The third kappa shape index (κ3) is 2.74. The van der Waals surface area contributed by atoms with Crippen molar-refractivity contribution in [2.75, 3.05) is 12.4 Å². The molecule has 1 heterocycles. The number of aliphatic hydroxyl groups is 1. The molecule has 0 amide bonds. The molecule has 1 aliphatic heterocycles. The fourth-order valence-electron chi connectivity index (χ4n) is 2.24. The normalized spacial score (nSPS) is 16.6. The van der Waals surface area contributed by atoms with Gasteiger partial charge in [-0.05, 0) is 5.56 Å². The highest BCUT2D eigenvalue weighted by molar-refractivity contribution is 8.03. The summed E-state index contributed by atoms with van der Waals surface area (Å²) in [7, 11) is 0. The average Bonchev–Trinajstić information content (AvgIpc) is 2.56. The summed E-state index contributed by atoms with van der Waals surface area (Å²) >= 11 is 1.67. The topological polar surface area (TPSA) is 29.5 Å². The molecule has 0 bridgehead atoms. The molecule has 0 spiro atoms. The van der Waals surface area contributed by atoms with Crippen LogP contribution in [-0.4, -0.2) is 17.5 Å². The lowest BCUT2D eigenvalue weighted by Crippen LogP contribution is -2.11. The van der Waals surface area contributed by atoms with E-state index in [9.17, 15) is 5.11 Å². The van der Waals surface area contributed by atoms with Gasteiger partial charge in [-0.1, -0.05) is 60.7 Å². The van der Waals surface area contributed by atoms with E-state index in [1.165, 1.54) is 0 Å². The molecule has 2 nitrogen and oxygen atoms in total. The highest BCUT2D eigenvalue weighted by Crippen LogP contribution is 2.40. The van der Waals surface area contributed by atoms with Gasteiger partial charge < -0.3 is 9.84 Å². The van der Waals surface area contributed by atoms with E-state index < -0.39 is 6.10 Å². The fraction of sp³-hybridized carbons (Fsp3) is 0.176. The van der Waals surface area contributed by atoms with Gasteiger partial charge >= 0.3 is 0 Å². The minimum absolute atomic E-state index is 0.628. The summed E-state index contributed by atoms with van der Waals surface area (Å²) in [6, 6.07) is 19.7. The third-order valence-corrected chi connectivity index (χ3v) is 4.30. The third-order valence-electron chi connectivity index (χ3n) is 3.21. The molecule has 1 aliphatic rings. The van der Waals surface area contributed by atoms with E-state index in [4.69, 9.17) is 4.74 Å². The van der Waals surface area contributed by atoms with Gasteiger partial charge in [0.05, 0.1) is 11.5 Å². The number of thioether (sulfide) groups is 1. The van der Waals surface area contributed by atoms with E-state index in [0.717, 1.165) is 27.5 Å². The average molecular weight is 284 g/mol. The lowest BCUT2D eigenvalue weighted by Gasteiger charge is -2.24. The zero-order valence-corrected chi connectivity index (χ0v) is 11.8. The summed E-state index contributed by atoms with van der Waals surface area (Å²) in [6.45, 7) is 0.680. The summed E-state index contributed by atoms with van der Waals surface area (Å²) in [5.41, 5.74) is 1.92. The fourth-order valence-corrected chi connectivity index (χ4v) is 3.23. The van der Waals surface area contributed by atoms with Gasteiger partial charge in [0, 0.05) is 11.3 Å². The highest BCUT2D eigenvalue weighted by atomic mass is 32.2. The van der Waals surface area contributed by atoms with Crippen LogP contribution in [0.15, 0.2) is 65.6 Å². The van der Waals surface area contributed by atoms with Crippen molar-refractivity contribution in [3.8, 4) is 0 Å². The number of aliphatic hydroxyl groups excluding tert-OH is 1. The first-order valence-corrected chi connectivity index (χ1v) is 7.63. The first-order valence-electron chi connectivity index (χ1n) is 6.64. The Morgan fingerprint density at radius 2 is 1.60 bits per heavy atom. The summed E-state index contributed by atoms with van der Waals surface area (Å²) in [4.78, 5) is 0.897. The predicted octanol–water partition coefficient (Wildman–Crippen LogP) is 3.85. The van der Waals surface area contributed by atoms with Gasteiger partial charge in [-0.25, -0.2) is 0 Å². The zero-order chi connectivity index (χ0) is 13.8. The summed E-state index contributed by atoms with van der Waals surface area (Å²) in [5, 5.41) is 10.6. The Morgan fingerprint density at radius 1 is 0.950 bits per heavy atom. The van der Waals surface area contributed by atoms with Gasteiger partial charge in [-0.15, -0.1) is 11.8 Å². The van der Waals surface area contributed by atoms with Crippen molar-refractivity contribution in [2.45, 2.75) is 6.10 Å². The van der Waals surface area contributed by atoms with Crippen molar-refractivity contribution in [2.24, 2.45) is 0 Å². The monoisotopic (exact) mass is 284 g/mol. The predicted molar refractivity (Wildman–Crippen MR) is 83.2 cm³/mol. The molecule has 3 rings (SSSR count). The summed E-state index contributed by atoms with van der Waals surface area (Å²) in [6.07, 6.45) is -0.628. The largest absolute Gasteiger partial charge is 0.491 e. The molecule has 102 valence electrons. The first-order chi connectivity index (χ1) is 9.86. The SMILES string of the molecule is OC(C1=C(c2ccccc2)OCCS1)c1ccccc1. The molecule has 2 aromatic carbocycles. The van der Waals surface area contributed by atoms with Crippen molar-refractivity contribution in [3.05, 3.63) is 76.7 Å². The quantitative estimate of drug-likeness (QED) is 0.928. The molecular formula is C17H16O2S. The van der Waals surface area contributed by atoms with Crippen molar-refractivity contribution < 1.29 is 9.84 Å². The minimum Gasteiger partial charge on any atom is -0.491 e. The highest BCUT2D eigenvalue weighted by Gasteiger charge is 2.23. The summed E-state index contributed by atoms with van der Waals surface area (Å²) < 4.78 is 5.82. The maximum atomic E-state index is 10.6. The Labute approximate surface area is 123 Å². The second-order valence-corrected chi connectivity index (χ2v) is 5.71. The van der Waals surface area contributed by atoms with Gasteiger partial charge in [0.15, 0.2) is 0 Å². The van der Waals surface area contributed by atoms with Gasteiger partial charge in [-0.3, -0.25) is 0 Å². The number of hydrogen-bond acceptors (Lipinski definition) is 3. The van der Waals surface area contributed by atoms with Crippen molar-refractivity contribution in [3.63, 3.8) is 0 Å². The van der Waals surface area contributed by atoms with Crippen LogP contribution in [0.4, 0.5) is 0 Å².